The first-order chi connectivity index (χ1) is 10.3. The van der Waals surface area contributed by atoms with Crippen LogP contribution in [0.2, 0.25) is 0 Å². The Morgan fingerprint density at radius 1 is 1.27 bits per heavy atom. The highest BCUT2D eigenvalue weighted by Crippen LogP contribution is 2.30. The lowest BCUT2D eigenvalue weighted by Crippen LogP contribution is -2.28. The number of aromatic nitrogens is 1. The predicted octanol–water partition coefficient (Wildman–Crippen LogP) is 4.51. The van der Waals surface area contributed by atoms with Crippen LogP contribution in [0.15, 0.2) is 22.8 Å². The summed E-state index contributed by atoms with van der Waals surface area (Å²) < 4.78 is 12.2. The van der Waals surface area contributed by atoms with Gasteiger partial charge in [-0.15, -0.1) is 0 Å². The van der Waals surface area contributed by atoms with Crippen LogP contribution in [-0.2, 0) is 9.53 Å². The Labute approximate surface area is 140 Å². The Morgan fingerprint density at radius 2 is 1.95 bits per heavy atom. The Kier molecular flexibility index (Phi) is 5.84. The summed E-state index contributed by atoms with van der Waals surface area (Å²) >= 11 is 3.36. The fraction of sp³-hybridized carbons (Fsp3) is 0.647. The van der Waals surface area contributed by atoms with Gasteiger partial charge in [0.1, 0.15) is 11.7 Å². The largest absolute Gasteiger partial charge is 0.474 e. The van der Waals surface area contributed by atoms with E-state index in [0.29, 0.717) is 18.2 Å². The maximum absolute atomic E-state index is 11.9. The molecular weight excluding hydrogens is 346 g/mol. The van der Waals surface area contributed by atoms with E-state index in [0.717, 1.165) is 30.2 Å². The predicted molar refractivity (Wildman–Crippen MR) is 88.8 cm³/mol. The molecule has 0 aromatic carbocycles. The van der Waals surface area contributed by atoms with Crippen LogP contribution in [0.3, 0.4) is 0 Å². The van der Waals surface area contributed by atoms with Crippen molar-refractivity contribution in [3.63, 3.8) is 0 Å². The van der Waals surface area contributed by atoms with Gasteiger partial charge in [-0.2, -0.15) is 0 Å². The lowest BCUT2D eigenvalue weighted by Gasteiger charge is -2.29. The summed E-state index contributed by atoms with van der Waals surface area (Å²) in [6, 6.07) is 3.80. The summed E-state index contributed by atoms with van der Waals surface area (Å²) in [6.07, 6.45) is 6.38. The van der Waals surface area contributed by atoms with E-state index in [2.05, 4.69) is 20.9 Å². The molecule has 1 saturated carbocycles. The topological polar surface area (TPSA) is 48.4 Å². The number of carbonyl (C=O) groups is 1. The minimum Gasteiger partial charge on any atom is -0.474 e. The lowest BCUT2D eigenvalue weighted by atomic mass is 9.85. The minimum absolute atomic E-state index is 0.0913. The summed E-state index contributed by atoms with van der Waals surface area (Å²) in [5.41, 5.74) is -0.398. The molecule has 0 aliphatic heterocycles. The fourth-order valence-corrected chi connectivity index (χ4v) is 2.91. The fourth-order valence-electron chi connectivity index (χ4n) is 2.68. The third-order valence-electron chi connectivity index (χ3n) is 3.66. The van der Waals surface area contributed by atoms with E-state index in [4.69, 9.17) is 9.47 Å². The highest BCUT2D eigenvalue weighted by atomic mass is 79.9. The Bertz CT molecular complexity index is 488. The third kappa shape index (κ3) is 5.95. The van der Waals surface area contributed by atoms with Gasteiger partial charge in [0.25, 0.3) is 0 Å². The maximum atomic E-state index is 11.9. The quantitative estimate of drug-likeness (QED) is 0.732. The van der Waals surface area contributed by atoms with Crippen LogP contribution in [0, 0.1) is 5.92 Å². The van der Waals surface area contributed by atoms with Crippen LogP contribution in [0.5, 0.6) is 5.88 Å². The van der Waals surface area contributed by atoms with E-state index in [1.807, 2.05) is 32.9 Å². The molecule has 0 unspecified atom stereocenters. The van der Waals surface area contributed by atoms with Crippen molar-refractivity contribution in [1.82, 2.24) is 4.98 Å². The molecule has 2 rings (SSSR count). The molecule has 0 radical (unpaired) electrons. The highest BCUT2D eigenvalue weighted by molar-refractivity contribution is 9.10. The first kappa shape index (κ1) is 17.3. The molecule has 122 valence electrons. The zero-order valence-electron chi connectivity index (χ0n) is 13.5. The van der Waals surface area contributed by atoms with E-state index < -0.39 is 5.60 Å². The number of halogens is 1. The second-order valence-electron chi connectivity index (χ2n) is 6.87. The summed E-state index contributed by atoms with van der Waals surface area (Å²) in [6.45, 7) is 5.71. The molecule has 22 heavy (non-hydrogen) atoms. The van der Waals surface area contributed by atoms with Gasteiger partial charge in [-0.1, -0.05) is 0 Å². The molecule has 0 saturated heterocycles. The number of rotatable bonds is 4. The van der Waals surface area contributed by atoms with Gasteiger partial charge in [0, 0.05) is 23.2 Å². The zero-order valence-corrected chi connectivity index (χ0v) is 15.1. The van der Waals surface area contributed by atoms with Crippen molar-refractivity contribution in [3.8, 4) is 5.88 Å². The summed E-state index contributed by atoms with van der Waals surface area (Å²) in [7, 11) is 0. The SMILES string of the molecule is CC(C)(C)OC(=O)CC1CCC(Oc2ccc(Br)cn2)CC1. The molecule has 1 aliphatic carbocycles. The van der Waals surface area contributed by atoms with Crippen molar-refractivity contribution in [2.24, 2.45) is 5.92 Å². The van der Waals surface area contributed by atoms with Gasteiger partial charge in [0.05, 0.1) is 0 Å². The minimum atomic E-state index is -0.398. The number of hydrogen-bond donors (Lipinski definition) is 0. The Balaban J connectivity index is 1.73. The van der Waals surface area contributed by atoms with Crippen molar-refractivity contribution in [2.45, 2.75) is 64.6 Å². The lowest BCUT2D eigenvalue weighted by molar-refractivity contribution is -0.156. The number of hydrogen-bond acceptors (Lipinski definition) is 4. The molecule has 0 spiro atoms. The van der Waals surface area contributed by atoms with Crippen molar-refractivity contribution in [1.29, 1.82) is 0 Å². The summed E-state index contributed by atoms with van der Waals surface area (Å²) in [5, 5.41) is 0. The highest BCUT2D eigenvalue weighted by Gasteiger charge is 2.26. The molecule has 0 atom stereocenters. The molecule has 1 fully saturated rings. The van der Waals surface area contributed by atoms with Gasteiger partial charge in [0.15, 0.2) is 0 Å². The third-order valence-corrected chi connectivity index (χ3v) is 4.13. The summed E-state index contributed by atoms with van der Waals surface area (Å²) in [5.74, 6) is 0.984. The average molecular weight is 370 g/mol. The Morgan fingerprint density at radius 3 is 2.50 bits per heavy atom. The molecule has 5 heteroatoms. The number of pyridine rings is 1. The molecule has 0 bridgehead atoms. The average Bonchev–Trinajstić information content (AvgIpc) is 2.41. The first-order valence-electron chi connectivity index (χ1n) is 7.82. The number of nitrogens with zero attached hydrogens (tertiary/aromatic N) is 1. The van der Waals surface area contributed by atoms with Crippen LogP contribution in [0.25, 0.3) is 0 Å². The van der Waals surface area contributed by atoms with Crippen LogP contribution in [-0.4, -0.2) is 22.7 Å². The van der Waals surface area contributed by atoms with Crippen LogP contribution >= 0.6 is 15.9 Å². The van der Waals surface area contributed by atoms with Crippen molar-refractivity contribution in [2.75, 3.05) is 0 Å². The number of esters is 1. The summed E-state index contributed by atoms with van der Waals surface area (Å²) in [4.78, 5) is 16.1. The molecule has 0 N–H and O–H groups in total. The van der Waals surface area contributed by atoms with Gasteiger partial charge in [-0.3, -0.25) is 4.79 Å². The molecule has 0 amide bonds. The van der Waals surface area contributed by atoms with Crippen LogP contribution in [0.1, 0.15) is 52.9 Å². The molecular formula is C17H24BrNO3. The van der Waals surface area contributed by atoms with E-state index in [1.54, 1.807) is 6.20 Å². The van der Waals surface area contributed by atoms with Gasteiger partial charge in [-0.05, 0) is 74.4 Å². The zero-order chi connectivity index (χ0) is 16.2. The van der Waals surface area contributed by atoms with Crippen molar-refractivity contribution < 1.29 is 14.3 Å². The van der Waals surface area contributed by atoms with E-state index in [1.165, 1.54) is 0 Å². The van der Waals surface area contributed by atoms with Gasteiger partial charge in [0.2, 0.25) is 5.88 Å². The van der Waals surface area contributed by atoms with Crippen molar-refractivity contribution >= 4 is 21.9 Å². The Hall–Kier alpha value is -1.10. The van der Waals surface area contributed by atoms with Gasteiger partial charge >= 0.3 is 5.97 Å². The molecule has 1 heterocycles. The van der Waals surface area contributed by atoms with Gasteiger partial charge in [-0.25, -0.2) is 4.98 Å². The van der Waals surface area contributed by atoms with E-state index >= 15 is 0 Å². The van der Waals surface area contributed by atoms with Crippen LogP contribution in [0.4, 0.5) is 0 Å². The standard InChI is InChI=1S/C17H24BrNO3/c1-17(2,3)22-16(20)10-12-4-7-14(8-5-12)21-15-9-6-13(18)11-19-15/h6,9,11-12,14H,4-5,7-8,10H2,1-3H3. The second kappa shape index (κ2) is 7.44. The maximum Gasteiger partial charge on any atom is 0.306 e. The first-order valence-corrected chi connectivity index (χ1v) is 8.61. The van der Waals surface area contributed by atoms with E-state index in [-0.39, 0.29) is 12.1 Å². The number of carbonyl (C=O) groups excluding carboxylic acids is 1. The van der Waals surface area contributed by atoms with E-state index in [9.17, 15) is 4.79 Å². The molecule has 1 aromatic rings. The molecule has 4 nitrogen and oxygen atoms in total. The molecule has 1 aliphatic rings. The molecule has 1 aromatic heterocycles. The van der Waals surface area contributed by atoms with Crippen LogP contribution < -0.4 is 4.74 Å². The normalized spacial score (nSPS) is 22.2. The number of ether oxygens (including phenoxy) is 2. The smallest absolute Gasteiger partial charge is 0.306 e. The monoisotopic (exact) mass is 369 g/mol. The van der Waals surface area contributed by atoms with Crippen molar-refractivity contribution in [3.05, 3.63) is 22.8 Å². The van der Waals surface area contributed by atoms with Gasteiger partial charge < -0.3 is 9.47 Å². The second-order valence-corrected chi connectivity index (χ2v) is 7.78.